The molecule has 0 aliphatic carbocycles. The van der Waals surface area contributed by atoms with Crippen molar-refractivity contribution in [1.82, 2.24) is 9.97 Å². The van der Waals surface area contributed by atoms with Crippen LogP contribution in [0.25, 0.3) is 10.2 Å². The number of hydrogen-bond donors (Lipinski definition) is 3. The van der Waals surface area contributed by atoms with Gasteiger partial charge in [0, 0.05) is 10.4 Å². The number of nitrogens with one attached hydrogen (secondary N) is 2. The van der Waals surface area contributed by atoms with Crippen molar-refractivity contribution in [1.29, 1.82) is 0 Å². The molecule has 0 bridgehead atoms. The Hall–Kier alpha value is -2.07. The van der Waals surface area contributed by atoms with Gasteiger partial charge in [-0.05, 0) is 18.2 Å². The Labute approximate surface area is 164 Å². The molecule has 3 rings (SSSR count). The van der Waals surface area contributed by atoms with E-state index in [9.17, 15) is 14.4 Å². The van der Waals surface area contributed by atoms with Gasteiger partial charge in [-0.25, -0.2) is 9.78 Å². The number of carbonyl (C=O) groups excluding carboxylic acids is 1. The monoisotopic (exact) mass is 429 g/mol. The van der Waals surface area contributed by atoms with E-state index in [-0.39, 0.29) is 27.8 Å². The third kappa shape index (κ3) is 4.01. The van der Waals surface area contributed by atoms with E-state index in [1.165, 1.54) is 11.4 Å². The first-order valence-electron chi connectivity index (χ1n) is 6.97. The Bertz CT molecular complexity index is 1080. The standard InChI is InChI=1S/C15H9Cl2N3O4S2/c16-6-1-2-8(17)9(3-6)18-10(21)5-26-15-19-12(22)11-7(14(23)24)4-25-13(11)20-15/h1-4H,5H2,(H,18,21)(H,23,24)(H,19,20,22). The number of nitrogens with zero attached hydrogens (tertiary/aromatic N) is 1. The van der Waals surface area contributed by atoms with Crippen molar-refractivity contribution in [2.45, 2.75) is 5.16 Å². The molecule has 26 heavy (non-hydrogen) atoms. The first-order valence-corrected chi connectivity index (χ1v) is 9.60. The topological polar surface area (TPSA) is 112 Å². The van der Waals surface area contributed by atoms with Gasteiger partial charge in [0.25, 0.3) is 5.56 Å². The number of anilines is 1. The lowest BCUT2D eigenvalue weighted by atomic mass is 10.2. The minimum Gasteiger partial charge on any atom is -0.478 e. The normalized spacial score (nSPS) is 10.8. The number of aromatic amines is 1. The Morgan fingerprint density at radius 3 is 2.85 bits per heavy atom. The Morgan fingerprint density at radius 1 is 1.35 bits per heavy atom. The molecule has 0 spiro atoms. The van der Waals surface area contributed by atoms with Crippen molar-refractivity contribution in [3.8, 4) is 0 Å². The van der Waals surface area contributed by atoms with Gasteiger partial charge in [0.1, 0.15) is 4.83 Å². The average molecular weight is 430 g/mol. The van der Waals surface area contributed by atoms with E-state index in [4.69, 9.17) is 28.3 Å². The van der Waals surface area contributed by atoms with Crippen LogP contribution in [0.3, 0.4) is 0 Å². The van der Waals surface area contributed by atoms with Crippen molar-refractivity contribution in [2.75, 3.05) is 11.1 Å². The number of carbonyl (C=O) groups is 2. The van der Waals surface area contributed by atoms with Crippen LogP contribution in [-0.2, 0) is 4.79 Å². The number of benzene rings is 1. The Morgan fingerprint density at radius 2 is 2.12 bits per heavy atom. The summed E-state index contributed by atoms with van der Waals surface area (Å²) in [7, 11) is 0. The highest BCUT2D eigenvalue weighted by atomic mass is 35.5. The fraction of sp³-hybridized carbons (Fsp3) is 0.0667. The van der Waals surface area contributed by atoms with Crippen LogP contribution in [-0.4, -0.2) is 32.7 Å². The number of halogens is 2. The molecule has 3 aromatic rings. The van der Waals surface area contributed by atoms with E-state index >= 15 is 0 Å². The molecule has 0 aliphatic heterocycles. The molecular formula is C15H9Cl2N3O4S2. The van der Waals surface area contributed by atoms with Crippen LogP contribution in [0.1, 0.15) is 10.4 Å². The number of hydrogen-bond acceptors (Lipinski definition) is 6. The second kappa shape index (κ2) is 7.67. The van der Waals surface area contributed by atoms with Crippen LogP contribution in [0, 0.1) is 0 Å². The Kier molecular flexibility index (Phi) is 5.52. The van der Waals surface area contributed by atoms with Crippen molar-refractivity contribution < 1.29 is 14.7 Å². The summed E-state index contributed by atoms with van der Waals surface area (Å²) in [5.74, 6) is -1.59. The maximum atomic E-state index is 12.1. The summed E-state index contributed by atoms with van der Waals surface area (Å²) in [6.45, 7) is 0. The second-order valence-corrected chi connectivity index (χ2v) is 7.63. The highest BCUT2D eigenvalue weighted by molar-refractivity contribution is 7.99. The highest BCUT2D eigenvalue weighted by Crippen LogP contribution is 2.26. The third-order valence-electron chi connectivity index (χ3n) is 3.20. The van der Waals surface area contributed by atoms with Gasteiger partial charge in [-0.3, -0.25) is 9.59 Å². The zero-order valence-corrected chi connectivity index (χ0v) is 15.9. The van der Waals surface area contributed by atoms with E-state index in [0.29, 0.717) is 20.6 Å². The van der Waals surface area contributed by atoms with Gasteiger partial charge in [-0.1, -0.05) is 35.0 Å². The molecule has 0 saturated carbocycles. The first kappa shape index (κ1) is 18.7. The number of fused-ring (bicyclic) bond motifs is 1. The van der Waals surface area contributed by atoms with E-state index in [2.05, 4.69) is 15.3 Å². The van der Waals surface area contributed by atoms with Crippen LogP contribution in [0.5, 0.6) is 0 Å². The molecule has 7 nitrogen and oxygen atoms in total. The maximum Gasteiger partial charge on any atom is 0.337 e. The van der Waals surface area contributed by atoms with Gasteiger partial charge in [0.2, 0.25) is 5.91 Å². The van der Waals surface area contributed by atoms with Crippen LogP contribution < -0.4 is 10.9 Å². The minimum atomic E-state index is -1.19. The fourth-order valence-corrected chi connectivity index (χ4v) is 4.04. The molecule has 0 unspecified atom stereocenters. The van der Waals surface area contributed by atoms with Crippen molar-refractivity contribution in [2.24, 2.45) is 0 Å². The number of rotatable bonds is 5. The number of thioether (sulfide) groups is 1. The summed E-state index contributed by atoms with van der Waals surface area (Å²) in [4.78, 5) is 42.2. The summed E-state index contributed by atoms with van der Waals surface area (Å²) in [5, 5.41) is 14.1. The van der Waals surface area contributed by atoms with Gasteiger partial charge in [0.05, 0.1) is 27.4 Å². The number of amides is 1. The summed E-state index contributed by atoms with van der Waals surface area (Å²) in [5.41, 5.74) is -0.274. The van der Waals surface area contributed by atoms with Crippen LogP contribution in [0.15, 0.2) is 33.5 Å². The number of aromatic nitrogens is 2. The van der Waals surface area contributed by atoms with Gasteiger partial charge in [-0.15, -0.1) is 11.3 Å². The molecule has 0 fully saturated rings. The molecule has 3 N–H and O–H groups in total. The van der Waals surface area contributed by atoms with Crippen LogP contribution >= 0.6 is 46.3 Å². The predicted molar refractivity (Wildman–Crippen MR) is 103 cm³/mol. The molecule has 2 heterocycles. The van der Waals surface area contributed by atoms with Gasteiger partial charge >= 0.3 is 5.97 Å². The number of carboxylic acids is 1. The molecule has 11 heteroatoms. The molecule has 0 radical (unpaired) electrons. The number of aromatic carboxylic acids is 1. The van der Waals surface area contributed by atoms with Crippen molar-refractivity contribution >= 4 is 74.1 Å². The van der Waals surface area contributed by atoms with Gasteiger partial charge < -0.3 is 15.4 Å². The average Bonchev–Trinajstić information content (AvgIpc) is 3.01. The number of carboxylic acid groups (broad SMARTS) is 1. The third-order valence-corrected chi connectivity index (χ3v) is 5.51. The Balaban J connectivity index is 1.73. The summed E-state index contributed by atoms with van der Waals surface area (Å²) < 4.78 is 0. The molecule has 134 valence electrons. The quantitative estimate of drug-likeness (QED) is 0.420. The van der Waals surface area contributed by atoms with E-state index in [1.807, 2.05) is 0 Å². The second-order valence-electron chi connectivity index (χ2n) is 4.97. The molecule has 1 amide bonds. The summed E-state index contributed by atoms with van der Waals surface area (Å²) in [6, 6.07) is 4.69. The van der Waals surface area contributed by atoms with E-state index < -0.39 is 11.5 Å². The predicted octanol–water partition coefficient (Wildman–Crippen LogP) is 3.72. The number of thiophene rings is 1. The molecule has 1 aromatic carbocycles. The largest absolute Gasteiger partial charge is 0.478 e. The van der Waals surface area contributed by atoms with Crippen LogP contribution in [0.4, 0.5) is 5.69 Å². The van der Waals surface area contributed by atoms with Crippen molar-refractivity contribution in [3.63, 3.8) is 0 Å². The zero-order valence-electron chi connectivity index (χ0n) is 12.7. The first-order chi connectivity index (χ1) is 12.3. The zero-order chi connectivity index (χ0) is 18.8. The lowest BCUT2D eigenvalue weighted by molar-refractivity contribution is -0.113. The molecule has 0 atom stereocenters. The summed E-state index contributed by atoms with van der Waals surface area (Å²) in [6.07, 6.45) is 0. The lowest BCUT2D eigenvalue weighted by Crippen LogP contribution is -2.16. The molecule has 0 saturated heterocycles. The molecular weight excluding hydrogens is 421 g/mol. The summed E-state index contributed by atoms with van der Waals surface area (Å²) >= 11 is 13.9. The lowest BCUT2D eigenvalue weighted by Gasteiger charge is -2.07. The number of H-pyrrole nitrogens is 1. The molecule has 0 aliphatic rings. The van der Waals surface area contributed by atoms with Gasteiger partial charge in [-0.2, -0.15) is 0 Å². The highest BCUT2D eigenvalue weighted by Gasteiger charge is 2.17. The van der Waals surface area contributed by atoms with E-state index in [1.54, 1.807) is 12.1 Å². The van der Waals surface area contributed by atoms with Crippen LogP contribution in [0.2, 0.25) is 10.0 Å². The smallest absolute Gasteiger partial charge is 0.337 e. The fourth-order valence-electron chi connectivity index (χ4n) is 2.07. The maximum absolute atomic E-state index is 12.1. The van der Waals surface area contributed by atoms with Gasteiger partial charge in [0.15, 0.2) is 5.16 Å². The SMILES string of the molecule is O=C(CSc1nc2scc(C(=O)O)c2c(=O)[nH]1)Nc1cc(Cl)ccc1Cl. The molecule has 2 aromatic heterocycles. The minimum absolute atomic E-state index is 0.0296. The van der Waals surface area contributed by atoms with E-state index in [0.717, 1.165) is 23.1 Å². The van der Waals surface area contributed by atoms with Crippen molar-refractivity contribution in [3.05, 3.63) is 49.5 Å².